The van der Waals surface area contributed by atoms with Crippen LogP contribution in [0.5, 0.6) is 0 Å². The molecule has 0 saturated heterocycles. The van der Waals surface area contributed by atoms with Crippen molar-refractivity contribution in [1.29, 1.82) is 0 Å². The number of carbonyl (C=O) groups is 2. The summed E-state index contributed by atoms with van der Waals surface area (Å²) < 4.78 is 5.04. The van der Waals surface area contributed by atoms with Gasteiger partial charge in [0.05, 0.1) is 12.2 Å². The molecule has 4 heteroatoms. The number of primary amides is 1. The van der Waals surface area contributed by atoms with E-state index in [1.807, 2.05) is 18.2 Å². The van der Waals surface area contributed by atoms with Crippen LogP contribution < -0.4 is 5.73 Å². The molecule has 0 aliphatic heterocycles. The minimum Gasteiger partial charge on any atom is -0.462 e. The van der Waals surface area contributed by atoms with Crippen molar-refractivity contribution in [2.45, 2.75) is 6.92 Å². The normalized spacial score (nSPS) is 10.1. The molecule has 0 spiro atoms. The molecule has 0 saturated carbocycles. The third-order valence-electron chi connectivity index (χ3n) is 2.88. The molecule has 1 amide bonds. The standard InChI is InChI=1S/C16H15NO3/c1-2-20-16(19)14-9-4-3-8-13(14)11-6-5-7-12(10-11)15(17)18/h3-10H,2H2,1H3,(H2,17,18). The summed E-state index contributed by atoms with van der Waals surface area (Å²) in [5.74, 6) is -0.881. The second-order valence-electron chi connectivity index (χ2n) is 4.21. The van der Waals surface area contributed by atoms with E-state index in [9.17, 15) is 9.59 Å². The van der Waals surface area contributed by atoms with E-state index in [0.29, 0.717) is 23.3 Å². The second-order valence-corrected chi connectivity index (χ2v) is 4.21. The van der Waals surface area contributed by atoms with Gasteiger partial charge in [-0.25, -0.2) is 4.79 Å². The Hall–Kier alpha value is -2.62. The van der Waals surface area contributed by atoms with Crippen molar-refractivity contribution in [3.63, 3.8) is 0 Å². The molecule has 2 rings (SSSR count). The van der Waals surface area contributed by atoms with Gasteiger partial charge in [-0.3, -0.25) is 4.79 Å². The first kappa shape index (κ1) is 13.8. The van der Waals surface area contributed by atoms with Gasteiger partial charge in [0.1, 0.15) is 0 Å². The van der Waals surface area contributed by atoms with Crippen LogP contribution in [0.4, 0.5) is 0 Å². The van der Waals surface area contributed by atoms with Crippen molar-refractivity contribution in [3.8, 4) is 11.1 Å². The SMILES string of the molecule is CCOC(=O)c1ccccc1-c1cccc(C(N)=O)c1. The van der Waals surface area contributed by atoms with Gasteiger partial charge in [0.2, 0.25) is 5.91 Å². The summed E-state index contributed by atoms with van der Waals surface area (Å²) >= 11 is 0. The third-order valence-corrected chi connectivity index (χ3v) is 2.88. The highest BCUT2D eigenvalue weighted by Crippen LogP contribution is 2.25. The fourth-order valence-corrected chi connectivity index (χ4v) is 1.96. The zero-order valence-electron chi connectivity index (χ0n) is 11.1. The van der Waals surface area contributed by atoms with E-state index < -0.39 is 5.91 Å². The molecule has 2 aromatic carbocycles. The highest BCUT2D eigenvalue weighted by Gasteiger charge is 2.13. The topological polar surface area (TPSA) is 69.4 Å². The first-order valence-electron chi connectivity index (χ1n) is 6.30. The Kier molecular flexibility index (Phi) is 4.15. The number of hydrogen-bond donors (Lipinski definition) is 1. The molecule has 102 valence electrons. The van der Waals surface area contributed by atoms with Crippen molar-refractivity contribution in [3.05, 3.63) is 59.7 Å². The van der Waals surface area contributed by atoms with E-state index in [1.54, 1.807) is 37.3 Å². The average Bonchev–Trinajstić information content (AvgIpc) is 2.47. The maximum Gasteiger partial charge on any atom is 0.338 e. The van der Waals surface area contributed by atoms with E-state index in [1.165, 1.54) is 0 Å². The van der Waals surface area contributed by atoms with Crippen LogP contribution in [0.25, 0.3) is 11.1 Å². The second kappa shape index (κ2) is 6.02. The summed E-state index contributed by atoms with van der Waals surface area (Å²) in [4.78, 5) is 23.2. The van der Waals surface area contributed by atoms with Crippen LogP contribution in [-0.2, 0) is 4.74 Å². The predicted octanol–water partition coefficient (Wildman–Crippen LogP) is 2.63. The number of amides is 1. The van der Waals surface area contributed by atoms with Gasteiger partial charge < -0.3 is 10.5 Å². The van der Waals surface area contributed by atoms with E-state index in [2.05, 4.69) is 0 Å². The van der Waals surface area contributed by atoms with Crippen LogP contribution in [0.3, 0.4) is 0 Å². The molecule has 0 aliphatic carbocycles. The molecule has 0 heterocycles. The smallest absolute Gasteiger partial charge is 0.338 e. The van der Waals surface area contributed by atoms with Gasteiger partial charge in [-0.2, -0.15) is 0 Å². The molecule has 4 nitrogen and oxygen atoms in total. The van der Waals surface area contributed by atoms with Gasteiger partial charge in [0.15, 0.2) is 0 Å². The minimum atomic E-state index is -0.500. The minimum absolute atomic E-state index is 0.314. The van der Waals surface area contributed by atoms with Crippen molar-refractivity contribution >= 4 is 11.9 Å². The van der Waals surface area contributed by atoms with Crippen LogP contribution in [0.2, 0.25) is 0 Å². The van der Waals surface area contributed by atoms with E-state index in [-0.39, 0.29) is 5.97 Å². The van der Waals surface area contributed by atoms with Crippen LogP contribution >= 0.6 is 0 Å². The first-order chi connectivity index (χ1) is 9.63. The largest absolute Gasteiger partial charge is 0.462 e. The number of carbonyl (C=O) groups excluding carboxylic acids is 2. The van der Waals surface area contributed by atoms with Crippen LogP contribution in [0, 0.1) is 0 Å². The van der Waals surface area contributed by atoms with Gasteiger partial charge in [0.25, 0.3) is 0 Å². The fraction of sp³-hybridized carbons (Fsp3) is 0.125. The number of nitrogens with two attached hydrogens (primary N) is 1. The van der Waals surface area contributed by atoms with Gasteiger partial charge in [0, 0.05) is 5.56 Å². The molecule has 0 aliphatic rings. The lowest BCUT2D eigenvalue weighted by Crippen LogP contribution is -2.11. The van der Waals surface area contributed by atoms with E-state index in [4.69, 9.17) is 10.5 Å². The van der Waals surface area contributed by atoms with Gasteiger partial charge in [-0.05, 0) is 36.2 Å². The molecular formula is C16H15NO3. The number of hydrogen-bond acceptors (Lipinski definition) is 3. The molecule has 0 atom stereocenters. The molecular weight excluding hydrogens is 254 g/mol. The zero-order chi connectivity index (χ0) is 14.5. The van der Waals surface area contributed by atoms with Gasteiger partial charge in [-0.1, -0.05) is 30.3 Å². The summed E-state index contributed by atoms with van der Waals surface area (Å²) in [6.45, 7) is 2.07. The van der Waals surface area contributed by atoms with Crippen molar-refractivity contribution in [1.82, 2.24) is 0 Å². The number of benzene rings is 2. The Balaban J connectivity index is 2.50. The predicted molar refractivity (Wildman–Crippen MR) is 76.4 cm³/mol. The lowest BCUT2D eigenvalue weighted by Gasteiger charge is -2.09. The fourth-order valence-electron chi connectivity index (χ4n) is 1.96. The quantitative estimate of drug-likeness (QED) is 0.867. The molecule has 20 heavy (non-hydrogen) atoms. The van der Waals surface area contributed by atoms with E-state index in [0.717, 1.165) is 5.56 Å². The van der Waals surface area contributed by atoms with Crippen molar-refractivity contribution in [2.75, 3.05) is 6.61 Å². The summed E-state index contributed by atoms with van der Waals surface area (Å²) in [5.41, 5.74) is 7.62. The monoisotopic (exact) mass is 269 g/mol. The van der Waals surface area contributed by atoms with Crippen LogP contribution in [0.15, 0.2) is 48.5 Å². The summed E-state index contributed by atoms with van der Waals surface area (Å²) in [6.07, 6.45) is 0. The lowest BCUT2D eigenvalue weighted by atomic mass is 9.98. The Labute approximate surface area is 117 Å². The van der Waals surface area contributed by atoms with E-state index >= 15 is 0 Å². The highest BCUT2D eigenvalue weighted by atomic mass is 16.5. The number of esters is 1. The molecule has 0 radical (unpaired) electrons. The van der Waals surface area contributed by atoms with Crippen LogP contribution in [-0.4, -0.2) is 18.5 Å². The Morgan fingerprint density at radius 2 is 1.85 bits per heavy atom. The summed E-state index contributed by atoms with van der Waals surface area (Å²) in [7, 11) is 0. The Bertz CT molecular complexity index is 650. The third kappa shape index (κ3) is 2.85. The van der Waals surface area contributed by atoms with Gasteiger partial charge >= 0.3 is 5.97 Å². The molecule has 2 N–H and O–H groups in total. The molecule has 0 aromatic heterocycles. The Morgan fingerprint density at radius 3 is 2.55 bits per heavy atom. The van der Waals surface area contributed by atoms with Crippen LogP contribution in [0.1, 0.15) is 27.6 Å². The van der Waals surface area contributed by atoms with Gasteiger partial charge in [-0.15, -0.1) is 0 Å². The van der Waals surface area contributed by atoms with Crippen molar-refractivity contribution in [2.24, 2.45) is 5.73 Å². The summed E-state index contributed by atoms with van der Waals surface area (Å²) in [6, 6.07) is 14.0. The average molecular weight is 269 g/mol. The maximum atomic E-state index is 11.9. The zero-order valence-corrected chi connectivity index (χ0v) is 11.1. The molecule has 0 unspecified atom stereocenters. The molecule has 2 aromatic rings. The number of rotatable bonds is 4. The number of ether oxygens (including phenoxy) is 1. The maximum absolute atomic E-state index is 11.9. The summed E-state index contributed by atoms with van der Waals surface area (Å²) in [5, 5.41) is 0. The molecule has 0 fully saturated rings. The first-order valence-corrected chi connectivity index (χ1v) is 6.30. The van der Waals surface area contributed by atoms with Crippen molar-refractivity contribution < 1.29 is 14.3 Å². The molecule has 0 bridgehead atoms. The lowest BCUT2D eigenvalue weighted by molar-refractivity contribution is 0.0527. The Morgan fingerprint density at radius 1 is 1.10 bits per heavy atom. The highest BCUT2D eigenvalue weighted by molar-refractivity contribution is 5.99.